The maximum atomic E-state index is 13.7. The molecule has 0 saturated heterocycles. The molecule has 0 aliphatic rings. The molecular weight excluding hydrogens is 451 g/mol. The van der Waals surface area contributed by atoms with Gasteiger partial charge < -0.3 is 14.2 Å². The van der Waals surface area contributed by atoms with Gasteiger partial charge in [0.1, 0.15) is 22.8 Å². The molecule has 3 rings (SSSR count). The number of benzene rings is 3. The van der Waals surface area contributed by atoms with Crippen LogP contribution in [0.2, 0.25) is 0 Å². The van der Waals surface area contributed by atoms with E-state index in [1.165, 1.54) is 21.3 Å². The second-order valence-electron chi connectivity index (χ2n) is 7.99. The zero-order chi connectivity index (χ0) is 25.2. The predicted octanol–water partition coefficient (Wildman–Crippen LogP) is 5.47. The van der Waals surface area contributed by atoms with Gasteiger partial charge in [-0.1, -0.05) is 18.2 Å². The lowest BCUT2D eigenvalue weighted by Gasteiger charge is -2.16. The Morgan fingerprint density at radius 3 is 1.88 bits per heavy atom. The summed E-state index contributed by atoms with van der Waals surface area (Å²) in [6.07, 6.45) is 0. The van der Waals surface area contributed by atoms with Gasteiger partial charge in [0.15, 0.2) is 7.80 Å². The Balaban J connectivity index is 2.14. The second-order valence-corrected chi connectivity index (χ2v) is 9.46. The molecule has 34 heavy (non-hydrogen) atoms. The van der Waals surface area contributed by atoms with Crippen LogP contribution in [0.4, 0.5) is 0 Å². The van der Waals surface area contributed by atoms with Crippen molar-refractivity contribution in [1.82, 2.24) is 0 Å². The molecule has 3 aromatic carbocycles. The van der Waals surface area contributed by atoms with Crippen molar-refractivity contribution >= 4 is 24.4 Å². The van der Waals surface area contributed by atoms with Gasteiger partial charge in [-0.3, -0.25) is 14.2 Å². The van der Waals surface area contributed by atoms with E-state index in [4.69, 9.17) is 14.2 Å². The minimum atomic E-state index is -2.56. The molecule has 0 amide bonds. The van der Waals surface area contributed by atoms with E-state index >= 15 is 0 Å². The van der Waals surface area contributed by atoms with Crippen molar-refractivity contribution in [2.75, 3.05) is 21.3 Å². The van der Waals surface area contributed by atoms with Crippen molar-refractivity contribution in [3.05, 3.63) is 81.4 Å². The van der Waals surface area contributed by atoms with Gasteiger partial charge in [-0.25, -0.2) is 0 Å². The molecule has 0 spiro atoms. The summed E-state index contributed by atoms with van der Waals surface area (Å²) in [7, 11) is 1.81. The van der Waals surface area contributed by atoms with Crippen molar-refractivity contribution in [3.8, 4) is 17.2 Å². The number of carbonyl (C=O) groups is 2. The highest BCUT2D eigenvalue weighted by molar-refractivity contribution is 7.71. The highest BCUT2D eigenvalue weighted by atomic mass is 31.1. The average Bonchev–Trinajstić information content (AvgIpc) is 2.85. The van der Waals surface area contributed by atoms with E-state index in [9.17, 15) is 14.2 Å². The molecule has 1 radical (unpaired) electrons. The second kappa shape index (κ2) is 10.2. The molecule has 0 fully saturated rings. The van der Waals surface area contributed by atoms with Gasteiger partial charge in [-0.15, -0.1) is 0 Å². The number of ether oxygens (including phenoxy) is 3. The predicted molar refractivity (Wildman–Crippen MR) is 133 cm³/mol. The molecule has 6 nitrogen and oxygen atoms in total. The Hall–Kier alpha value is -3.50. The fourth-order valence-electron chi connectivity index (χ4n) is 4.03. The zero-order valence-electron chi connectivity index (χ0n) is 20.4. The van der Waals surface area contributed by atoms with Crippen LogP contribution in [0.25, 0.3) is 0 Å². The first-order valence-corrected chi connectivity index (χ1v) is 11.9. The summed E-state index contributed by atoms with van der Waals surface area (Å²) in [4.78, 5) is 27.1. The van der Waals surface area contributed by atoms with Crippen LogP contribution in [0, 0.1) is 27.7 Å². The topological polar surface area (TPSA) is 78.9 Å². The largest absolute Gasteiger partial charge is 0.496 e. The summed E-state index contributed by atoms with van der Waals surface area (Å²) >= 11 is 0. The third-order valence-electron chi connectivity index (χ3n) is 6.06. The van der Waals surface area contributed by atoms with Gasteiger partial charge in [-0.2, -0.15) is 0 Å². The summed E-state index contributed by atoms with van der Waals surface area (Å²) in [5.74, 6) is 0.494. The summed E-state index contributed by atoms with van der Waals surface area (Å²) in [5.41, 5.74) is 3.86. The Morgan fingerprint density at radius 1 is 0.735 bits per heavy atom. The first-order chi connectivity index (χ1) is 16.2. The number of ketones is 1. The number of aryl methyl sites for hydroxylation is 2. The molecular formula is C27H28O6P. The average molecular weight is 479 g/mol. The number of hydrogen-bond donors (Lipinski definition) is 0. The summed E-state index contributed by atoms with van der Waals surface area (Å²) < 4.78 is 29.7. The molecule has 1 unspecified atom stereocenters. The molecule has 1 atom stereocenters. The highest BCUT2D eigenvalue weighted by Gasteiger charge is 2.29. The van der Waals surface area contributed by atoms with Gasteiger partial charge in [0.25, 0.3) is 0 Å². The Bertz CT molecular complexity index is 1280. The third kappa shape index (κ3) is 4.46. The van der Waals surface area contributed by atoms with Crippen molar-refractivity contribution in [2.24, 2.45) is 0 Å². The number of rotatable bonds is 8. The van der Waals surface area contributed by atoms with Crippen molar-refractivity contribution in [1.29, 1.82) is 0 Å². The van der Waals surface area contributed by atoms with Crippen LogP contribution >= 0.6 is 7.80 Å². The SMILES string of the molecule is COc1cc(OC)c(C(=O)c2ccccc2[P](=O)C(=O)c2c(C)cc(C)c(C)c2C)c(OC)c1. The lowest BCUT2D eigenvalue weighted by atomic mass is 9.95. The number of carbonyl (C=O) groups excluding carboxylic acids is 2. The first kappa shape index (κ1) is 25.1. The summed E-state index contributed by atoms with van der Waals surface area (Å²) in [6, 6.07) is 11.5. The molecule has 0 aliphatic carbocycles. The van der Waals surface area contributed by atoms with E-state index in [1.54, 1.807) is 36.4 Å². The van der Waals surface area contributed by atoms with E-state index in [1.807, 2.05) is 33.8 Å². The van der Waals surface area contributed by atoms with Crippen molar-refractivity contribution in [3.63, 3.8) is 0 Å². The smallest absolute Gasteiger partial charge is 0.247 e. The maximum Gasteiger partial charge on any atom is 0.247 e. The fraction of sp³-hybridized carbons (Fsp3) is 0.259. The van der Waals surface area contributed by atoms with Crippen molar-refractivity contribution < 1.29 is 28.4 Å². The molecule has 3 aromatic rings. The minimum Gasteiger partial charge on any atom is -0.496 e. The van der Waals surface area contributed by atoms with E-state index in [2.05, 4.69) is 0 Å². The van der Waals surface area contributed by atoms with E-state index in [0.717, 1.165) is 22.3 Å². The molecule has 0 N–H and O–H groups in total. The Morgan fingerprint density at radius 2 is 1.32 bits per heavy atom. The van der Waals surface area contributed by atoms with Crippen LogP contribution in [0.1, 0.15) is 48.5 Å². The number of hydrogen-bond acceptors (Lipinski definition) is 6. The zero-order valence-corrected chi connectivity index (χ0v) is 21.3. The van der Waals surface area contributed by atoms with Crippen LogP contribution in [0.15, 0.2) is 42.5 Å². The molecule has 7 heteroatoms. The van der Waals surface area contributed by atoms with Gasteiger partial charge in [0.2, 0.25) is 11.3 Å². The first-order valence-electron chi connectivity index (χ1n) is 10.7. The Labute approximate surface area is 200 Å². The fourth-order valence-corrected chi connectivity index (χ4v) is 5.41. The van der Waals surface area contributed by atoms with Crippen LogP contribution in [-0.2, 0) is 4.57 Å². The standard InChI is InChI=1S/C27H28O6P/c1-15-12-16(2)24(18(4)17(15)3)27(29)34(30)23-11-9-8-10-20(23)26(28)25-21(32-6)13-19(31-5)14-22(25)33-7/h8-14H,1-7H3. The lowest BCUT2D eigenvalue weighted by Crippen LogP contribution is -2.18. The maximum absolute atomic E-state index is 13.7. The minimum absolute atomic E-state index is 0.151. The summed E-state index contributed by atoms with van der Waals surface area (Å²) in [6.45, 7) is 7.61. The highest BCUT2D eigenvalue weighted by Crippen LogP contribution is 2.38. The molecule has 0 heterocycles. The molecule has 0 bridgehead atoms. The molecule has 0 saturated carbocycles. The van der Waals surface area contributed by atoms with Gasteiger partial charge in [0.05, 0.1) is 26.6 Å². The van der Waals surface area contributed by atoms with E-state index in [0.29, 0.717) is 11.3 Å². The monoisotopic (exact) mass is 479 g/mol. The van der Waals surface area contributed by atoms with Crippen LogP contribution in [0.3, 0.4) is 0 Å². The van der Waals surface area contributed by atoms with E-state index in [-0.39, 0.29) is 27.9 Å². The van der Waals surface area contributed by atoms with E-state index < -0.39 is 19.1 Å². The molecule has 0 aromatic heterocycles. The Kier molecular flexibility index (Phi) is 7.53. The molecule has 177 valence electrons. The normalized spacial score (nSPS) is 11.1. The quantitative estimate of drug-likeness (QED) is 0.315. The van der Waals surface area contributed by atoms with Crippen LogP contribution in [-0.4, -0.2) is 32.6 Å². The number of methoxy groups -OCH3 is 3. The summed E-state index contributed by atoms with van der Waals surface area (Å²) in [5, 5.41) is 0.171. The van der Waals surface area contributed by atoms with Gasteiger partial charge >= 0.3 is 0 Å². The van der Waals surface area contributed by atoms with Crippen molar-refractivity contribution in [2.45, 2.75) is 27.7 Å². The van der Waals surface area contributed by atoms with Crippen LogP contribution < -0.4 is 19.5 Å². The lowest BCUT2D eigenvalue weighted by molar-refractivity contribution is 0.103. The molecule has 0 aliphatic heterocycles. The van der Waals surface area contributed by atoms with Gasteiger partial charge in [0, 0.05) is 23.3 Å². The van der Waals surface area contributed by atoms with Crippen LogP contribution in [0.5, 0.6) is 17.2 Å². The van der Waals surface area contributed by atoms with Gasteiger partial charge in [-0.05, 0) is 62.1 Å². The third-order valence-corrected chi connectivity index (χ3v) is 7.48.